The largest absolute Gasteiger partial charge is 0.354 e. The molecule has 5 heteroatoms. The predicted octanol–water partition coefficient (Wildman–Crippen LogP) is 5.29. The molecule has 0 saturated heterocycles. The average molecular weight is 352 g/mol. The first-order valence-corrected chi connectivity index (χ1v) is 8.41. The van der Waals surface area contributed by atoms with Crippen LogP contribution in [0.1, 0.15) is 22.8 Å². The van der Waals surface area contributed by atoms with Gasteiger partial charge < -0.3 is 10.6 Å². The number of rotatable bonds is 5. The van der Waals surface area contributed by atoms with Crippen LogP contribution in [0.5, 0.6) is 0 Å². The molecule has 0 aliphatic rings. The molecule has 0 aliphatic carbocycles. The van der Waals surface area contributed by atoms with E-state index < -0.39 is 0 Å². The van der Waals surface area contributed by atoms with Crippen LogP contribution in [0.4, 0.5) is 17.1 Å². The van der Waals surface area contributed by atoms with Gasteiger partial charge in [-0.1, -0.05) is 48.9 Å². The van der Waals surface area contributed by atoms with E-state index in [4.69, 9.17) is 11.6 Å². The molecule has 1 amide bonds. The highest BCUT2D eigenvalue weighted by Gasteiger charge is 2.10. The highest BCUT2D eigenvalue weighted by atomic mass is 35.5. The minimum atomic E-state index is -0.256. The number of pyridine rings is 1. The van der Waals surface area contributed by atoms with Crippen molar-refractivity contribution >= 4 is 34.6 Å². The van der Waals surface area contributed by atoms with E-state index in [9.17, 15) is 4.79 Å². The van der Waals surface area contributed by atoms with Crippen molar-refractivity contribution in [2.24, 2.45) is 0 Å². The van der Waals surface area contributed by atoms with Crippen molar-refractivity contribution in [3.05, 3.63) is 83.1 Å². The molecular formula is C20H18ClN3O. The number of halogens is 1. The summed E-state index contributed by atoms with van der Waals surface area (Å²) in [7, 11) is 0. The fourth-order valence-corrected chi connectivity index (χ4v) is 2.68. The maximum absolute atomic E-state index is 12.5. The van der Waals surface area contributed by atoms with E-state index in [1.54, 1.807) is 24.4 Å². The average Bonchev–Trinajstić information content (AvgIpc) is 2.64. The zero-order valence-electron chi connectivity index (χ0n) is 13.8. The van der Waals surface area contributed by atoms with E-state index >= 15 is 0 Å². The maximum atomic E-state index is 12.5. The first-order chi connectivity index (χ1) is 12.2. The minimum absolute atomic E-state index is 0.256. The summed E-state index contributed by atoms with van der Waals surface area (Å²) in [4.78, 5) is 16.6. The van der Waals surface area contributed by atoms with Crippen molar-refractivity contribution < 1.29 is 4.79 Å². The third-order valence-electron chi connectivity index (χ3n) is 3.80. The van der Waals surface area contributed by atoms with E-state index in [1.807, 2.05) is 30.3 Å². The summed E-state index contributed by atoms with van der Waals surface area (Å²) < 4.78 is 0. The highest BCUT2D eigenvalue weighted by molar-refractivity contribution is 6.33. The topological polar surface area (TPSA) is 54.0 Å². The van der Waals surface area contributed by atoms with Crippen LogP contribution >= 0.6 is 11.6 Å². The molecule has 2 aromatic carbocycles. The van der Waals surface area contributed by atoms with Gasteiger partial charge in [-0.05, 0) is 36.2 Å². The number of hydrogen-bond donors (Lipinski definition) is 2. The number of benzene rings is 2. The Kier molecular flexibility index (Phi) is 5.31. The van der Waals surface area contributed by atoms with Crippen LogP contribution in [-0.4, -0.2) is 10.9 Å². The second-order valence-corrected chi connectivity index (χ2v) is 5.94. The standard InChI is InChI=1S/C20H18ClN3O/c1-2-14-7-3-5-9-18(14)23-16-11-15(12-22-13-16)20(25)24-19-10-6-4-8-17(19)21/h3-13,23H,2H2,1H3,(H,24,25). The molecule has 126 valence electrons. The quantitative estimate of drug-likeness (QED) is 0.656. The van der Waals surface area contributed by atoms with Gasteiger partial charge in [0, 0.05) is 11.9 Å². The summed E-state index contributed by atoms with van der Waals surface area (Å²) in [5.74, 6) is -0.256. The van der Waals surface area contributed by atoms with E-state index in [1.165, 1.54) is 11.8 Å². The normalized spacial score (nSPS) is 10.3. The van der Waals surface area contributed by atoms with Gasteiger partial charge in [-0.3, -0.25) is 9.78 Å². The molecule has 0 saturated carbocycles. The molecule has 0 unspecified atom stereocenters. The summed E-state index contributed by atoms with van der Waals surface area (Å²) in [6.45, 7) is 2.10. The lowest BCUT2D eigenvalue weighted by Crippen LogP contribution is -2.12. The monoisotopic (exact) mass is 351 g/mol. The van der Waals surface area contributed by atoms with Crippen molar-refractivity contribution in [2.75, 3.05) is 10.6 Å². The number of aromatic nitrogens is 1. The van der Waals surface area contributed by atoms with Gasteiger partial charge >= 0.3 is 0 Å². The van der Waals surface area contributed by atoms with Gasteiger partial charge in [0.1, 0.15) is 0 Å². The molecule has 0 aliphatic heterocycles. The Balaban J connectivity index is 1.79. The van der Waals surface area contributed by atoms with Crippen LogP contribution in [0, 0.1) is 0 Å². The van der Waals surface area contributed by atoms with Gasteiger partial charge in [0.25, 0.3) is 5.91 Å². The van der Waals surface area contributed by atoms with E-state index in [2.05, 4.69) is 28.6 Å². The zero-order valence-corrected chi connectivity index (χ0v) is 14.5. The van der Waals surface area contributed by atoms with E-state index in [0.717, 1.165) is 17.8 Å². The molecule has 0 spiro atoms. The van der Waals surface area contributed by atoms with E-state index in [-0.39, 0.29) is 5.91 Å². The van der Waals surface area contributed by atoms with Crippen molar-refractivity contribution in [1.82, 2.24) is 4.98 Å². The number of anilines is 3. The van der Waals surface area contributed by atoms with Crippen LogP contribution in [0.15, 0.2) is 67.0 Å². The molecule has 25 heavy (non-hydrogen) atoms. The van der Waals surface area contributed by atoms with Crippen LogP contribution in [-0.2, 0) is 6.42 Å². The lowest BCUT2D eigenvalue weighted by Gasteiger charge is -2.12. The predicted molar refractivity (Wildman–Crippen MR) is 103 cm³/mol. The first kappa shape index (κ1) is 17.0. The Morgan fingerprint density at radius 2 is 1.76 bits per heavy atom. The van der Waals surface area contributed by atoms with Gasteiger partial charge in [-0.2, -0.15) is 0 Å². The second kappa shape index (κ2) is 7.81. The van der Waals surface area contributed by atoms with Crippen molar-refractivity contribution in [3.8, 4) is 0 Å². The van der Waals surface area contributed by atoms with Gasteiger partial charge in [0.15, 0.2) is 0 Å². The molecule has 4 nitrogen and oxygen atoms in total. The number of hydrogen-bond acceptors (Lipinski definition) is 3. The Bertz CT molecular complexity index is 895. The van der Waals surface area contributed by atoms with Gasteiger partial charge in [0.2, 0.25) is 0 Å². The van der Waals surface area contributed by atoms with Crippen LogP contribution < -0.4 is 10.6 Å². The molecule has 1 heterocycles. The Labute approximate surface area is 151 Å². The van der Waals surface area contributed by atoms with Crippen molar-refractivity contribution in [2.45, 2.75) is 13.3 Å². The highest BCUT2D eigenvalue weighted by Crippen LogP contribution is 2.23. The summed E-state index contributed by atoms with van der Waals surface area (Å²) in [5, 5.41) is 6.62. The number of para-hydroxylation sites is 2. The number of carbonyl (C=O) groups excluding carboxylic acids is 1. The summed E-state index contributed by atoms with van der Waals surface area (Å²) in [5.41, 5.74) is 4.00. The van der Waals surface area contributed by atoms with Crippen LogP contribution in [0.2, 0.25) is 5.02 Å². The molecule has 0 fully saturated rings. The lowest BCUT2D eigenvalue weighted by molar-refractivity contribution is 0.102. The van der Waals surface area contributed by atoms with E-state index in [0.29, 0.717) is 16.3 Å². The summed E-state index contributed by atoms with van der Waals surface area (Å²) in [6, 6.07) is 17.0. The van der Waals surface area contributed by atoms with Gasteiger partial charge in [0.05, 0.1) is 28.2 Å². The molecule has 0 radical (unpaired) electrons. The number of nitrogens with one attached hydrogen (secondary N) is 2. The number of carbonyl (C=O) groups is 1. The zero-order chi connectivity index (χ0) is 17.6. The molecule has 0 bridgehead atoms. The molecule has 2 N–H and O–H groups in total. The first-order valence-electron chi connectivity index (χ1n) is 8.03. The SMILES string of the molecule is CCc1ccccc1Nc1cncc(C(=O)Nc2ccccc2Cl)c1. The molecule has 3 aromatic rings. The molecule has 3 rings (SSSR count). The molecule has 0 atom stereocenters. The fourth-order valence-electron chi connectivity index (χ4n) is 2.50. The maximum Gasteiger partial charge on any atom is 0.257 e. The van der Waals surface area contributed by atoms with Crippen molar-refractivity contribution in [3.63, 3.8) is 0 Å². The van der Waals surface area contributed by atoms with Gasteiger partial charge in [-0.15, -0.1) is 0 Å². The fraction of sp³-hybridized carbons (Fsp3) is 0.100. The molecular weight excluding hydrogens is 334 g/mol. The Morgan fingerprint density at radius 3 is 2.52 bits per heavy atom. The molecule has 1 aromatic heterocycles. The third kappa shape index (κ3) is 4.17. The minimum Gasteiger partial charge on any atom is -0.354 e. The number of amides is 1. The summed E-state index contributed by atoms with van der Waals surface area (Å²) in [6.07, 6.45) is 4.14. The number of nitrogens with zero attached hydrogens (tertiary/aromatic N) is 1. The summed E-state index contributed by atoms with van der Waals surface area (Å²) >= 11 is 6.09. The third-order valence-corrected chi connectivity index (χ3v) is 4.13. The second-order valence-electron chi connectivity index (χ2n) is 5.53. The Morgan fingerprint density at radius 1 is 1.04 bits per heavy atom. The van der Waals surface area contributed by atoms with Crippen LogP contribution in [0.3, 0.4) is 0 Å². The number of aryl methyl sites for hydroxylation is 1. The van der Waals surface area contributed by atoms with Gasteiger partial charge in [-0.25, -0.2) is 0 Å². The lowest BCUT2D eigenvalue weighted by atomic mass is 10.1. The van der Waals surface area contributed by atoms with Crippen LogP contribution in [0.25, 0.3) is 0 Å². The Hall–Kier alpha value is -2.85. The smallest absolute Gasteiger partial charge is 0.257 e. The van der Waals surface area contributed by atoms with Crippen molar-refractivity contribution in [1.29, 1.82) is 0 Å².